The van der Waals surface area contributed by atoms with Gasteiger partial charge in [-0.15, -0.1) is 5.10 Å². The largest absolute Gasteiger partial charge is 0.369 e. The van der Waals surface area contributed by atoms with Crippen molar-refractivity contribution in [2.45, 2.75) is 50.2 Å². The van der Waals surface area contributed by atoms with Crippen molar-refractivity contribution in [1.82, 2.24) is 29.8 Å². The van der Waals surface area contributed by atoms with Gasteiger partial charge < -0.3 is 15.4 Å². The van der Waals surface area contributed by atoms with Crippen LogP contribution in [0.15, 0.2) is 42.6 Å². The van der Waals surface area contributed by atoms with Crippen LogP contribution < -0.4 is 10.6 Å². The smallest absolute Gasteiger partial charge is 0.184 e. The van der Waals surface area contributed by atoms with E-state index in [2.05, 4.69) is 69.6 Å². The Morgan fingerprint density at radius 3 is 2.83 bits per heavy atom. The predicted molar refractivity (Wildman–Crippen MR) is 131 cm³/mol. The van der Waals surface area contributed by atoms with Crippen LogP contribution in [0.2, 0.25) is 0 Å². The number of pyridine rings is 1. The van der Waals surface area contributed by atoms with Crippen molar-refractivity contribution in [2.24, 2.45) is 11.7 Å². The van der Waals surface area contributed by atoms with Crippen molar-refractivity contribution in [2.75, 3.05) is 24.6 Å². The van der Waals surface area contributed by atoms with Crippen molar-refractivity contribution in [3.63, 3.8) is 0 Å². The van der Waals surface area contributed by atoms with Gasteiger partial charge in [0.15, 0.2) is 17.3 Å². The lowest BCUT2D eigenvalue weighted by Crippen LogP contribution is -2.44. The highest BCUT2D eigenvalue weighted by Gasteiger charge is 2.66. The number of hydrogen-bond acceptors (Lipinski definition) is 7. The first-order valence-electron chi connectivity index (χ1n) is 12.4. The number of ether oxygens (including phenoxy) is 1. The van der Waals surface area contributed by atoms with Gasteiger partial charge in [0.1, 0.15) is 11.4 Å². The second-order valence-electron chi connectivity index (χ2n) is 10.7. The number of benzene rings is 1. The summed E-state index contributed by atoms with van der Waals surface area (Å²) in [6.45, 7) is 7.31. The number of aromatic amines is 1. The molecule has 9 heteroatoms. The summed E-state index contributed by atoms with van der Waals surface area (Å²) in [5.41, 5.74) is 10.1. The Balaban J connectivity index is 1.24. The fraction of sp³-hybridized carbons (Fsp3) is 0.462. The molecule has 3 aromatic heterocycles. The molecule has 9 nitrogen and oxygen atoms in total. The molecule has 4 aliphatic rings. The predicted octanol–water partition coefficient (Wildman–Crippen LogP) is 2.81. The Bertz CT molecular complexity index is 1410. The van der Waals surface area contributed by atoms with E-state index in [0.29, 0.717) is 24.9 Å². The van der Waals surface area contributed by atoms with Gasteiger partial charge in [-0.2, -0.15) is 5.10 Å². The third-order valence-corrected chi connectivity index (χ3v) is 8.39. The van der Waals surface area contributed by atoms with E-state index in [4.69, 9.17) is 20.6 Å². The van der Waals surface area contributed by atoms with Gasteiger partial charge in [-0.25, -0.2) is 14.5 Å². The van der Waals surface area contributed by atoms with Gasteiger partial charge in [0.25, 0.3) is 0 Å². The first kappa shape index (κ1) is 21.0. The van der Waals surface area contributed by atoms with Gasteiger partial charge in [0, 0.05) is 30.6 Å². The molecule has 180 valence electrons. The maximum atomic E-state index is 6.31. The van der Waals surface area contributed by atoms with Gasteiger partial charge in [-0.3, -0.25) is 5.10 Å². The minimum absolute atomic E-state index is 0.0795. The molecule has 0 radical (unpaired) electrons. The monoisotopic (exact) mass is 470 g/mol. The zero-order chi connectivity index (χ0) is 23.8. The van der Waals surface area contributed by atoms with Crippen molar-refractivity contribution < 1.29 is 4.74 Å². The minimum Gasteiger partial charge on any atom is -0.369 e. The van der Waals surface area contributed by atoms with Crippen LogP contribution in [-0.2, 0) is 22.3 Å². The molecule has 4 fully saturated rings. The third kappa shape index (κ3) is 3.01. The summed E-state index contributed by atoms with van der Waals surface area (Å²) in [6, 6.07) is 13.0. The van der Waals surface area contributed by atoms with Crippen LogP contribution in [0, 0.1) is 12.8 Å². The maximum absolute atomic E-state index is 6.31. The highest BCUT2D eigenvalue weighted by atomic mass is 16.5. The van der Waals surface area contributed by atoms with E-state index in [0.717, 1.165) is 54.5 Å². The minimum atomic E-state index is -0.559. The lowest BCUT2D eigenvalue weighted by atomic mass is 9.63. The number of anilines is 1. The van der Waals surface area contributed by atoms with E-state index in [1.807, 2.05) is 11.4 Å². The molecule has 4 atom stereocenters. The van der Waals surface area contributed by atoms with Crippen molar-refractivity contribution in [1.29, 1.82) is 0 Å². The van der Waals surface area contributed by atoms with Crippen molar-refractivity contribution in [3.05, 3.63) is 71.2 Å². The molecule has 1 aliphatic carbocycles. The number of H-pyrrole nitrogens is 1. The zero-order valence-electron chi connectivity index (χ0n) is 20.1. The number of rotatable bonds is 5. The maximum Gasteiger partial charge on any atom is 0.184 e. The molecule has 3 N–H and O–H groups in total. The number of aryl methyl sites for hydroxylation is 1. The summed E-state index contributed by atoms with van der Waals surface area (Å²) >= 11 is 0. The van der Waals surface area contributed by atoms with Gasteiger partial charge in [-0.05, 0) is 37.3 Å². The highest BCUT2D eigenvalue weighted by molar-refractivity contribution is 5.59. The molecule has 3 unspecified atom stereocenters. The third-order valence-electron chi connectivity index (χ3n) is 8.39. The second kappa shape index (κ2) is 7.35. The first-order chi connectivity index (χ1) is 17.0. The topological polar surface area (TPSA) is 110 Å². The molecule has 1 aromatic carbocycles. The normalized spacial score (nSPS) is 29.7. The number of nitrogens with two attached hydrogens (primary N) is 1. The standard InChI is InChI=1S/C26H30N8O/c1-16-28-22(31-30-16)21-18-11-26(21,35-14-18)24-29-23-17(12-27)10-20(13-34(23)32-24)33-9-8-25(2,15-33)19-6-4-3-5-7-19/h3-7,10,13,18,21H,8-9,11-12,14-15,27H2,1-2H3,(H,28,30,31)/t18?,21?,25-,26?/m0/s1. The summed E-state index contributed by atoms with van der Waals surface area (Å²) in [5.74, 6) is 2.80. The van der Waals surface area contributed by atoms with E-state index in [-0.39, 0.29) is 11.3 Å². The van der Waals surface area contributed by atoms with Crippen LogP contribution in [0.3, 0.4) is 0 Å². The molecule has 35 heavy (non-hydrogen) atoms. The van der Waals surface area contributed by atoms with Gasteiger partial charge in [0.05, 0.1) is 24.4 Å². The molecule has 6 heterocycles. The van der Waals surface area contributed by atoms with Crippen LogP contribution in [0.4, 0.5) is 5.69 Å². The zero-order valence-corrected chi connectivity index (χ0v) is 20.1. The fourth-order valence-corrected chi connectivity index (χ4v) is 6.43. The quantitative estimate of drug-likeness (QED) is 0.461. The Morgan fingerprint density at radius 2 is 2.09 bits per heavy atom. The summed E-state index contributed by atoms with van der Waals surface area (Å²) < 4.78 is 8.21. The van der Waals surface area contributed by atoms with Gasteiger partial charge in [0.2, 0.25) is 0 Å². The van der Waals surface area contributed by atoms with Crippen LogP contribution in [0.25, 0.3) is 5.65 Å². The molecule has 0 amide bonds. The number of nitrogens with zero attached hydrogens (tertiary/aromatic N) is 6. The molecular weight excluding hydrogens is 440 g/mol. The Morgan fingerprint density at radius 1 is 1.23 bits per heavy atom. The number of nitrogens with one attached hydrogen (secondary N) is 1. The lowest BCUT2D eigenvalue weighted by molar-refractivity contribution is -0.0344. The highest BCUT2D eigenvalue weighted by Crippen LogP contribution is 2.63. The number of fused-ring (bicyclic) bond motifs is 2. The summed E-state index contributed by atoms with van der Waals surface area (Å²) in [4.78, 5) is 12.0. The average Bonchev–Trinajstić information content (AvgIpc) is 3.67. The van der Waals surface area contributed by atoms with Gasteiger partial charge >= 0.3 is 0 Å². The summed E-state index contributed by atoms with van der Waals surface area (Å²) in [5, 5.41) is 12.4. The Kier molecular flexibility index (Phi) is 4.41. The van der Waals surface area contributed by atoms with Crippen LogP contribution in [0.5, 0.6) is 0 Å². The molecule has 3 aliphatic heterocycles. The molecule has 3 saturated heterocycles. The SMILES string of the molecule is Cc1nc(C2C3COC2(c2nc4c(CN)cc(N5CC[C@](C)(c6ccccc6)C5)cn4n2)C3)n[nH]1. The van der Waals surface area contributed by atoms with E-state index in [1.54, 1.807) is 0 Å². The summed E-state index contributed by atoms with van der Waals surface area (Å²) in [7, 11) is 0. The Labute approximate surface area is 203 Å². The van der Waals surface area contributed by atoms with E-state index in [1.165, 1.54) is 5.56 Å². The van der Waals surface area contributed by atoms with Crippen LogP contribution >= 0.6 is 0 Å². The lowest BCUT2D eigenvalue weighted by Gasteiger charge is -2.41. The van der Waals surface area contributed by atoms with Gasteiger partial charge in [-0.1, -0.05) is 37.3 Å². The number of aromatic nitrogens is 6. The van der Waals surface area contributed by atoms with E-state index in [9.17, 15) is 0 Å². The first-order valence-corrected chi connectivity index (χ1v) is 12.4. The average molecular weight is 471 g/mol. The Hall–Kier alpha value is -3.30. The molecule has 2 bridgehead atoms. The van der Waals surface area contributed by atoms with Crippen LogP contribution in [0.1, 0.15) is 54.3 Å². The molecular formula is C26H30N8O. The summed E-state index contributed by atoms with van der Waals surface area (Å²) in [6.07, 6.45) is 4.09. The number of hydrogen-bond donors (Lipinski definition) is 2. The molecule has 4 aromatic rings. The fourth-order valence-electron chi connectivity index (χ4n) is 6.43. The second-order valence-corrected chi connectivity index (χ2v) is 10.7. The van der Waals surface area contributed by atoms with Crippen molar-refractivity contribution in [3.8, 4) is 0 Å². The molecule has 1 saturated carbocycles. The molecule has 0 spiro atoms. The van der Waals surface area contributed by atoms with Crippen molar-refractivity contribution >= 4 is 11.3 Å². The van der Waals surface area contributed by atoms with E-state index >= 15 is 0 Å². The van der Waals surface area contributed by atoms with Crippen LogP contribution in [-0.4, -0.2) is 49.5 Å². The molecule has 8 rings (SSSR count). The van der Waals surface area contributed by atoms with E-state index < -0.39 is 5.60 Å².